The highest BCUT2D eigenvalue weighted by Crippen LogP contribution is 2.42. The van der Waals surface area contributed by atoms with Crippen LogP contribution in [0.1, 0.15) is 44.6 Å². The van der Waals surface area contributed by atoms with Crippen molar-refractivity contribution >= 4 is 29.2 Å². The van der Waals surface area contributed by atoms with E-state index in [2.05, 4.69) is 56.3 Å². The van der Waals surface area contributed by atoms with Crippen molar-refractivity contribution in [2.75, 3.05) is 0 Å². The molecule has 0 N–H and O–H groups in total. The summed E-state index contributed by atoms with van der Waals surface area (Å²) in [6, 6.07) is 15.8. The molecule has 1 aromatic heterocycles. The largest absolute Gasteiger partial charge is 0.123 e. The Balaban J connectivity index is 2.15. The molecule has 0 spiro atoms. The van der Waals surface area contributed by atoms with Crippen molar-refractivity contribution in [3.05, 3.63) is 48.0 Å². The van der Waals surface area contributed by atoms with Gasteiger partial charge < -0.3 is 0 Å². The molecule has 1 heterocycles. The number of fused-ring (bicyclic) bond motifs is 3. The van der Waals surface area contributed by atoms with Crippen LogP contribution < -0.4 is 0 Å². The maximum Gasteiger partial charge on any atom is 0.00287 e. The molecule has 2 atom stereocenters. The zero-order valence-corrected chi connectivity index (χ0v) is 12.7. The number of benzene rings is 2. The highest BCUT2D eigenvalue weighted by molar-refractivity contribution is 7.44. The summed E-state index contributed by atoms with van der Waals surface area (Å²) in [6.07, 6.45) is 3.94. The van der Waals surface area contributed by atoms with Gasteiger partial charge in [-0.3, -0.25) is 0 Å². The van der Waals surface area contributed by atoms with E-state index in [9.17, 15) is 0 Å². The maximum absolute atomic E-state index is 2.39. The summed E-state index contributed by atoms with van der Waals surface area (Å²) in [5.74, 6) is 0.691. The Hall–Kier alpha value is -1.26. The first-order valence-electron chi connectivity index (χ1n) is 7.30. The van der Waals surface area contributed by atoms with E-state index >= 15 is 0 Å². The number of hydrogen-bond donors (Lipinski definition) is 0. The molecule has 3 aromatic rings. The van der Waals surface area contributed by atoms with Crippen LogP contribution in [0.2, 0.25) is 0 Å². The fourth-order valence-corrected chi connectivity index (χ4v) is 4.60. The van der Waals surface area contributed by atoms with Crippen LogP contribution in [-0.2, 0) is 0 Å². The summed E-state index contributed by atoms with van der Waals surface area (Å²) in [5.41, 5.74) is 1.58. The normalized spacial score (nSPS) is 13.6. The lowest BCUT2D eigenvalue weighted by Gasteiger charge is -2.12. The standard InChI is InChI=1S/C18H21P/c1-3-4-8-13(2)14-10-7-11-16-15-9-5-6-12-17(15)19-18(14)16/h5-7,9-13,19H,3-4,8H2,1-2H3. The highest BCUT2D eigenvalue weighted by atomic mass is 31.0. The van der Waals surface area contributed by atoms with Gasteiger partial charge in [-0.15, -0.1) is 8.19 Å². The van der Waals surface area contributed by atoms with Gasteiger partial charge in [-0.25, -0.2) is 0 Å². The summed E-state index contributed by atoms with van der Waals surface area (Å²) < 4.78 is 0. The summed E-state index contributed by atoms with van der Waals surface area (Å²) in [5, 5.41) is 6.06. The Bertz CT molecular complexity index is 693. The lowest BCUT2D eigenvalue weighted by atomic mass is 9.94. The third kappa shape index (κ3) is 2.30. The monoisotopic (exact) mass is 268 g/mol. The Morgan fingerprint density at radius 3 is 2.63 bits per heavy atom. The zero-order valence-electron chi connectivity index (χ0n) is 11.7. The van der Waals surface area contributed by atoms with Gasteiger partial charge in [0, 0.05) is 5.12 Å². The molecule has 0 saturated carbocycles. The van der Waals surface area contributed by atoms with Crippen LogP contribution in [0.15, 0.2) is 42.5 Å². The minimum absolute atomic E-state index is 0.691. The van der Waals surface area contributed by atoms with Crippen molar-refractivity contribution < 1.29 is 0 Å². The van der Waals surface area contributed by atoms with E-state index in [1.807, 2.05) is 0 Å². The van der Waals surface area contributed by atoms with Gasteiger partial charge in [0.2, 0.25) is 0 Å². The average molecular weight is 268 g/mol. The molecule has 1 heteroatoms. The Labute approximate surface area is 116 Å². The van der Waals surface area contributed by atoms with E-state index in [0.717, 1.165) is 8.19 Å². The molecule has 19 heavy (non-hydrogen) atoms. The van der Waals surface area contributed by atoms with Gasteiger partial charge in [0.05, 0.1) is 0 Å². The van der Waals surface area contributed by atoms with Gasteiger partial charge in [0.15, 0.2) is 0 Å². The fourth-order valence-electron chi connectivity index (χ4n) is 2.97. The molecule has 0 bridgehead atoms. The van der Waals surface area contributed by atoms with E-state index in [-0.39, 0.29) is 0 Å². The third-order valence-corrected chi connectivity index (χ3v) is 5.61. The smallest absolute Gasteiger partial charge is 0.00287 e. The van der Waals surface area contributed by atoms with Crippen molar-refractivity contribution in [3.8, 4) is 0 Å². The van der Waals surface area contributed by atoms with Gasteiger partial charge >= 0.3 is 0 Å². The fraction of sp³-hybridized carbons (Fsp3) is 0.333. The van der Waals surface area contributed by atoms with E-state index in [1.165, 1.54) is 35.2 Å². The van der Waals surface area contributed by atoms with Crippen molar-refractivity contribution in [1.29, 1.82) is 0 Å². The maximum atomic E-state index is 2.39. The van der Waals surface area contributed by atoms with Crippen molar-refractivity contribution in [2.45, 2.75) is 39.0 Å². The third-order valence-electron chi connectivity index (χ3n) is 4.10. The molecule has 98 valence electrons. The summed E-state index contributed by atoms with van der Waals surface area (Å²) in [6.45, 7) is 4.67. The van der Waals surface area contributed by atoms with Crippen LogP contribution in [0, 0.1) is 0 Å². The minimum Gasteiger partial charge on any atom is -0.123 e. The molecule has 2 aromatic carbocycles. The van der Waals surface area contributed by atoms with Crippen LogP contribution >= 0.6 is 8.19 Å². The summed E-state index contributed by atoms with van der Waals surface area (Å²) in [4.78, 5) is 0. The molecule has 3 rings (SSSR count). The lowest BCUT2D eigenvalue weighted by Crippen LogP contribution is -1.93. The average Bonchev–Trinajstić information content (AvgIpc) is 2.83. The minimum atomic E-state index is 0.691. The van der Waals surface area contributed by atoms with Crippen molar-refractivity contribution in [1.82, 2.24) is 0 Å². The molecule has 0 nitrogen and oxygen atoms in total. The Morgan fingerprint density at radius 2 is 1.79 bits per heavy atom. The van der Waals surface area contributed by atoms with E-state index in [0.29, 0.717) is 5.92 Å². The molecule has 0 aliphatic rings. The van der Waals surface area contributed by atoms with Crippen LogP contribution in [0.25, 0.3) is 21.0 Å². The van der Waals surface area contributed by atoms with Crippen molar-refractivity contribution in [2.24, 2.45) is 0 Å². The second kappa shape index (κ2) is 5.39. The van der Waals surface area contributed by atoms with Gasteiger partial charge in [-0.05, 0) is 33.8 Å². The van der Waals surface area contributed by atoms with Crippen LogP contribution in [0.3, 0.4) is 0 Å². The second-order valence-corrected chi connectivity index (χ2v) is 6.77. The Morgan fingerprint density at radius 1 is 1.00 bits per heavy atom. The highest BCUT2D eigenvalue weighted by Gasteiger charge is 2.11. The molecular formula is C18H21P. The molecule has 0 saturated heterocycles. The van der Waals surface area contributed by atoms with E-state index in [4.69, 9.17) is 0 Å². The van der Waals surface area contributed by atoms with Crippen LogP contribution in [0.4, 0.5) is 0 Å². The zero-order chi connectivity index (χ0) is 13.2. The summed E-state index contributed by atoms with van der Waals surface area (Å²) in [7, 11) is 0.848. The van der Waals surface area contributed by atoms with Gasteiger partial charge in [-0.2, -0.15) is 0 Å². The predicted octanol–water partition coefficient (Wildman–Crippen LogP) is 6.32. The first kappa shape index (κ1) is 12.8. The van der Waals surface area contributed by atoms with Crippen molar-refractivity contribution in [3.63, 3.8) is 0 Å². The molecule has 0 amide bonds. The number of hydrogen-bond acceptors (Lipinski definition) is 0. The molecule has 0 radical (unpaired) electrons. The SMILES string of the molecule is CCCCC(C)c1cccc2c1[pH]c1ccccc12. The summed E-state index contributed by atoms with van der Waals surface area (Å²) >= 11 is 0. The second-order valence-electron chi connectivity index (χ2n) is 5.48. The molecule has 0 aliphatic heterocycles. The molecule has 0 fully saturated rings. The Kier molecular flexibility index (Phi) is 3.62. The lowest BCUT2D eigenvalue weighted by molar-refractivity contribution is 0.628. The topological polar surface area (TPSA) is 0 Å². The van der Waals surface area contributed by atoms with Gasteiger partial charge in [-0.1, -0.05) is 69.2 Å². The van der Waals surface area contributed by atoms with Gasteiger partial charge in [0.1, 0.15) is 0 Å². The molecule has 0 aliphatic carbocycles. The van der Waals surface area contributed by atoms with Crippen LogP contribution in [0.5, 0.6) is 0 Å². The number of unbranched alkanes of at least 4 members (excludes halogenated alkanes) is 1. The predicted molar refractivity (Wildman–Crippen MR) is 88.9 cm³/mol. The first-order chi connectivity index (χ1) is 9.31. The quantitative estimate of drug-likeness (QED) is 0.519. The van der Waals surface area contributed by atoms with E-state index in [1.54, 1.807) is 10.7 Å². The van der Waals surface area contributed by atoms with E-state index < -0.39 is 0 Å². The number of rotatable bonds is 4. The molecular weight excluding hydrogens is 247 g/mol. The first-order valence-corrected chi connectivity index (χ1v) is 8.30. The molecule has 2 unspecified atom stereocenters. The van der Waals surface area contributed by atoms with Gasteiger partial charge in [0.25, 0.3) is 0 Å². The van der Waals surface area contributed by atoms with Crippen LogP contribution in [-0.4, -0.2) is 0 Å².